The van der Waals surface area contributed by atoms with Gasteiger partial charge in [0.15, 0.2) is 23.6 Å². The van der Waals surface area contributed by atoms with Crippen molar-refractivity contribution in [2.45, 2.75) is 20.3 Å². The fraction of sp³-hybridized carbons (Fsp3) is 0.136. The molecule has 0 unspecified atom stereocenters. The van der Waals surface area contributed by atoms with Crippen LogP contribution in [0.15, 0.2) is 76.0 Å². The Morgan fingerprint density at radius 2 is 1.91 bits per heavy atom. The van der Waals surface area contributed by atoms with Crippen LogP contribution in [0, 0.1) is 10.1 Å². The third kappa shape index (κ3) is 4.54. The molecule has 2 heterocycles. The molecular formula is C22H20N6O3S. The maximum Gasteiger partial charge on any atom is 0.247 e. The van der Waals surface area contributed by atoms with Crippen molar-refractivity contribution < 1.29 is 9.34 Å². The van der Waals surface area contributed by atoms with Crippen molar-refractivity contribution >= 4 is 51.4 Å². The minimum Gasteiger partial charge on any atom is -0.443 e. The van der Waals surface area contributed by atoms with E-state index in [1.165, 1.54) is 18.3 Å². The number of nitrogens with zero attached hydrogens (tertiary/aromatic N) is 4. The van der Waals surface area contributed by atoms with Crippen LogP contribution in [-0.4, -0.2) is 19.9 Å². The van der Waals surface area contributed by atoms with E-state index in [1.807, 2.05) is 49.4 Å². The summed E-state index contributed by atoms with van der Waals surface area (Å²) >= 11 is 1.23. The maximum absolute atomic E-state index is 11.2. The number of oxazole rings is 1. The van der Waals surface area contributed by atoms with Gasteiger partial charge in [-0.2, -0.15) is 0 Å². The number of nitro groups is 1. The van der Waals surface area contributed by atoms with Gasteiger partial charge in [0.25, 0.3) is 0 Å². The van der Waals surface area contributed by atoms with E-state index in [0.717, 1.165) is 16.7 Å². The molecule has 0 aliphatic heterocycles. The van der Waals surface area contributed by atoms with Crippen molar-refractivity contribution in [3.63, 3.8) is 0 Å². The average molecular weight is 449 g/mol. The maximum atomic E-state index is 11.2. The smallest absolute Gasteiger partial charge is 0.247 e. The zero-order chi connectivity index (χ0) is 22.5. The van der Waals surface area contributed by atoms with Crippen molar-refractivity contribution in [1.82, 2.24) is 15.0 Å². The van der Waals surface area contributed by atoms with Gasteiger partial charge in [-0.25, -0.2) is 15.0 Å². The molecular weight excluding hydrogens is 428 g/mol. The van der Waals surface area contributed by atoms with E-state index in [9.17, 15) is 10.1 Å². The summed E-state index contributed by atoms with van der Waals surface area (Å²) in [5.74, 6) is 0.984. The zero-order valence-corrected chi connectivity index (χ0v) is 18.2. The molecule has 0 amide bonds. The summed E-state index contributed by atoms with van der Waals surface area (Å²) in [4.78, 5) is 25.2. The van der Waals surface area contributed by atoms with Gasteiger partial charge in [0.2, 0.25) is 5.70 Å². The highest BCUT2D eigenvalue weighted by molar-refractivity contribution is 8.04. The lowest BCUT2D eigenvalue weighted by Crippen LogP contribution is -2.03. The second kappa shape index (κ2) is 9.48. The first kappa shape index (κ1) is 21.3. The van der Waals surface area contributed by atoms with Gasteiger partial charge in [-0.15, -0.1) is 0 Å². The number of hydrogen-bond donors (Lipinski definition) is 2. The minimum atomic E-state index is -0.370. The van der Waals surface area contributed by atoms with Gasteiger partial charge >= 0.3 is 0 Å². The number of para-hydroxylation sites is 3. The second-order valence-corrected chi connectivity index (χ2v) is 7.56. The number of nitrogens with one attached hydrogen (secondary N) is 2. The van der Waals surface area contributed by atoms with Gasteiger partial charge < -0.3 is 14.5 Å². The lowest BCUT2D eigenvalue weighted by atomic mass is 10.2. The Balaban J connectivity index is 1.68. The molecule has 4 aromatic rings. The molecule has 9 nitrogen and oxygen atoms in total. The molecule has 2 N–H and O–H groups in total. The van der Waals surface area contributed by atoms with Crippen molar-refractivity contribution in [3.05, 3.63) is 81.7 Å². The normalized spacial score (nSPS) is 12.3. The van der Waals surface area contributed by atoms with Gasteiger partial charge in [-0.1, -0.05) is 31.2 Å². The Labute approximate surface area is 187 Å². The first-order valence-corrected chi connectivity index (χ1v) is 10.7. The fourth-order valence-electron chi connectivity index (χ4n) is 3.00. The number of hydrogen-bond acceptors (Lipinski definition) is 9. The highest BCUT2D eigenvalue weighted by atomic mass is 32.2. The molecule has 2 aromatic carbocycles. The number of rotatable bonds is 8. The van der Waals surface area contributed by atoms with Crippen LogP contribution in [0.25, 0.3) is 22.1 Å². The molecule has 10 heteroatoms. The molecule has 0 saturated carbocycles. The van der Waals surface area contributed by atoms with Gasteiger partial charge in [0, 0.05) is 17.4 Å². The Bertz CT molecular complexity index is 1350. The summed E-state index contributed by atoms with van der Waals surface area (Å²) in [6, 6.07) is 13.1. The summed E-state index contributed by atoms with van der Waals surface area (Å²) in [6.07, 6.45) is 5.07. The third-order valence-electron chi connectivity index (χ3n) is 4.64. The van der Waals surface area contributed by atoms with Crippen LogP contribution < -0.4 is 10.0 Å². The van der Waals surface area contributed by atoms with E-state index >= 15 is 0 Å². The summed E-state index contributed by atoms with van der Waals surface area (Å²) in [5.41, 5.74) is 3.64. The lowest BCUT2D eigenvalue weighted by molar-refractivity contribution is -0.427. The molecule has 0 spiro atoms. The van der Waals surface area contributed by atoms with Crippen LogP contribution in [0.1, 0.15) is 20.3 Å². The van der Waals surface area contributed by atoms with E-state index in [2.05, 4.69) is 15.0 Å². The van der Waals surface area contributed by atoms with E-state index in [-0.39, 0.29) is 10.6 Å². The predicted molar refractivity (Wildman–Crippen MR) is 127 cm³/mol. The van der Waals surface area contributed by atoms with E-state index in [1.54, 1.807) is 19.1 Å². The van der Waals surface area contributed by atoms with Gasteiger partial charge in [-0.05, 0) is 43.1 Å². The Hall–Kier alpha value is -3.92. The highest BCUT2D eigenvalue weighted by Crippen LogP contribution is 2.31. The minimum absolute atomic E-state index is 0.132. The fourth-order valence-corrected chi connectivity index (χ4v) is 3.67. The second-order valence-electron chi connectivity index (χ2n) is 6.68. The first-order valence-electron chi connectivity index (χ1n) is 9.89. The van der Waals surface area contributed by atoms with Crippen molar-refractivity contribution in [3.8, 4) is 0 Å². The molecule has 0 fully saturated rings. The highest BCUT2D eigenvalue weighted by Gasteiger charge is 2.14. The van der Waals surface area contributed by atoms with Gasteiger partial charge in [0.05, 0.1) is 21.6 Å². The van der Waals surface area contributed by atoms with E-state index in [4.69, 9.17) is 14.4 Å². The van der Waals surface area contributed by atoms with Crippen LogP contribution in [0.4, 0.5) is 17.3 Å². The van der Waals surface area contributed by atoms with Crippen LogP contribution in [0.5, 0.6) is 0 Å². The average Bonchev–Trinajstić information content (AvgIpc) is 3.29. The molecule has 4 rings (SSSR count). The molecule has 0 aliphatic carbocycles. The Morgan fingerprint density at radius 1 is 1.16 bits per heavy atom. The standard InChI is InChI=1S/C22H20N6O3S/c1-3-14(28(29)30)12-15(4-2)32-27-22-21(24-16-8-5-6-9-17(16)25-22)26-18-10-7-11-19-20(18)23-13-31-19/h4-13H,3H2,1-2H3,(H,24,26)(H,25,27)/b14-12+,15-4+. The molecule has 2 aromatic heterocycles. The largest absolute Gasteiger partial charge is 0.443 e. The molecule has 0 radical (unpaired) electrons. The van der Waals surface area contributed by atoms with E-state index in [0.29, 0.717) is 34.1 Å². The number of aromatic nitrogens is 3. The number of benzene rings is 2. The van der Waals surface area contributed by atoms with Crippen molar-refractivity contribution in [2.24, 2.45) is 0 Å². The van der Waals surface area contributed by atoms with Crippen LogP contribution in [0.3, 0.4) is 0 Å². The van der Waals surface area contributed by atoms with Crippen molar-refractivity contribution in [2.75, 3.05) is 10.0 Å². The molecule has 0 atom stereocenters. The van der Waals surface area contributed by atoms with Gasteiger partial charge in [-0.3, -0.25) is 10.1 Å². The van der Waals surface area contributed by atoms with Crippen LogP contribution in [0.2, 0.25) is 0 Å². The topological polar surface area (TPSA) is 119 Å². The zero-order valence-electron chi connectivity index (χ0n) is 17.4. The predicted octanol–water partition coefficient (Wildman–Crippen LogP) is 6.05. The van der Waals surface area contributed by atoms with E-state index < -0.39 is 0 Å². The third-order valence-corrected chi connectivity index (χ3v) is 5.52. The molecule has 32 heavy (non-hydrogen) atoms. The molecule has 0 bridgehead atoms. The van der Waals surface area contributed by atoms with Gasteiger partial charge in [0.1, 0.15) is 5.52 Å². The van der Waals surface area contributed by atoms with Crippen molar-refractivity contribution in [1.29, 1.82) is 0 Å². The molecule has 0 saturated heterocycles. The molecule has 162 valence electrons. The summed E-state index contributed by atoms with van der Waals surface area (Å²) in [7, 11) is 0. The number of allylic oxidation sites excluding steroid dienone is 3. The van der Waals surface area contributed by atoms with Crippen LogP contribution in [-0.2, 0) is 0 Å². The summed E-state index contributed by atoms with van der Waals surface area (Å²) in [6.45, 7) is 3.57. The quantitative estimate of drug-likeness (QED) is 0.144. The first-order chi connectivity index (χ1) is 15.6. The summed E-state index contributed by atoms with van der Waals surface area (Å²) < 4.78 is 8.57. The molecule has 0 aliphatic rings. The van der Waals surface area contributed by atoms with Crippen LogP contribution >= 0.6 is 11.9 Å². The summed E-state index contributed by atoms with van der Waals surface area (Å²) in [5, 5.41) is 14.5. The Kier molecular flexibility index (Phi) is 6.31. The SMILES string of the molecule is C/C=C(\C=C(/CC)[N+](=O)[O-])SNc1nc2ccccc2nc1Nc1cccc2ocnc12. The monoisotopic (exact) mass is 448 g/mol. The number of fused-ring (bicyclic) bond motifs is 2. The Morgan fingerprint density at radius 3 is 2.59 bits per heavy atom. The number of anilines is 3. The lowest BCUT2D eigenvalue weighted by Gasteiger charge is -2.13.